The van der Waals surface area contributed by atoms with Crippen molar-refractivity contribution in [3.63, 3.8) is 0 Å². The van der Waals surface area contributed by atoms with Crippen molar-refractivity contribution >= 4 is 6.08 Å². The van der Waals surface area contributed by atoms with Crippen molar-refractivity contribution in [1.29, 1.82) is 0 Å². The third kappa shape index (κ3) is 2.15. The summed E-state index contributed by atoms with van der Waals surface area (Å²) in [5.74, 6) is 0.940. The maximum atomic E-state index is 5.43. The second kappa shape index (κ2) is 4.82. The van der Waals surface area contributed by atoms with Crippen LogP contribution < -0.4 is 10.5 Å². The van der Waals surface area contributed by atoms with E-state index < -0.39 is 0 Å². The molecule has 76 valence electrons. The topological polar surface area (TPSA) is 35.2 Å². The summed E-state index contributed by atoms with van der Waals surface area (Å²) in [5, 5.41) is 0. The third-order valence-electron chi connectivity index (χ3n) is 2.24. The van der Waals surface area contributed by atoms with Crippen molar-refractivity contribution in [3.05, 3.63) is 34.9 Å². The largest absolute Gasteiger partial charge is 0.496 e. The van der Waals surface area contributed by atoms with Crippen molar-refractivity contribution in [2.45, 2.75) is 13.8 Å². The molecule has 0 aliphatic heterocycles. The van der Waals surface area contributed by atoms with Gasteiger partial charge >= 0.3 is 0 Å². The summed E-state index contributed by atoms with van der Waals surface area (Å²) in [6.07, 6.45) is 3.95. The minimum Gasteiger partial charge on any atom is -0.496 e. The van der Waals surface area contributed by atoms with E-state index >= 15 is 0 Å². The van der Waals surface area contributed by atoms with Crippen molar-refractivity contribution in [2.75, 3.05) is 13.7 Å². The van der Waals surface area contributed by atoms with Crippen molar-refractivity contribution in [2.24, 2.45) is 5.73 Å². The predicted octanol–water partition coefficient (Wildman–Crippen LogP) is 2.28. The Morgan fingerprint density at radius 3 is 2.50 bits per heavy atom. The number of hydrogen-bond acceptors (Lipinski definition) is 2. The van der Waals surface area contributed by atoms with Gasteiger partial charge in [-0.2, -0.15) is 0 Å². The molecule has 1 aromatic carbocycles. The second-order valence-electron chi connectivity index (χ2n) is 3.28. The van der Waals surface area contributed by atoms with E-state index in [2.05, 4.69) is 19.1 Å². The zero-order valence-corrected chi connectivity index (χ0v) is 9.00. The normalized spacial score (nSPS) is 10.9. The molecule has 0 spiro atoms. The van der Waals surface area contributed by atoms with Gasteiger partial charge in [-0.05, 0) is 25.0 Å². The first kappa shape index (κ1) is 10.8. The number of hydrogen-bond donors (Lipinski definition) is 1. The molecule has 14 heavy (non-hydrogen) atoms. The molecule has 0 unspecified atom stereocenters. The Labute approximate surface area is 85.4 Å². The summed E-state index contributed by atoms with van der Waals surface area (Å²) in [6, 6.07) is 4.15. The first-order chi connectivity index (χ1) is 6.70. The Hall–Kier alpha value is -1.28. The first-order valence-electron chi connectivity index (χ1n) is 4.71. The van der Waals surface area contributed by atoms with E-state index in [0.29, 0.717) is 6.54 Å². The van der Waals surface area contributed by atoms with E-state index in [1.165, 1.54) is 5.56 Å². The lowest BCUT2D eigenvalue weighted by Gasteiger charge is -2.10. The highest BCUT2D eigenvalue weighted by molar-refractivity contribution is 5.63. The number of methoxy groups -OCH3 is 1. The van der Waals surface area contributed by atoms with Crippen LogP contribution in [-0.2, 0) is 0 Å². The molecule has 2 N–H and O–H groups in total. The number of benzene rings is 1. The van der Waals surface area contributed by atoms with Crippen LogP contribution in [0, 0.1) is 13.8 Å². The number of aryl methyl sites for hydroxylation is 2. The van der Waals surface area contributed by atoms with Crippen LogP contribution in [0.15, 0.2) is 18.2 Å². The van der Waals surface area contributed by atoms with Gasteiger partial charge in [0.1, 0.15) is 5.75 Å². The highest BCUT2D eigenvalue weighted by Gasteiger charge is 2.05. The van der Waals surface area contributed by atoms with E-state index in [1.54, 1.807) is 7.11 Å². The summed E-state index contributed by atoms with van der Waals surface area (Å²) < 4.78 is 5.36. The molecule has 0 atom stereocenters. The number of rotatable bonds is 3. The smallest absolute Gasteiger partial charge is 0.129 e. The van der Waals surface area contributed by atoms with E-state index in [-0.39, 0.29) is 0 Å². The summed E-state index contributed by atoms with van der Waals surface area (Å²) in [7, 11) is 1.70. The van der Waals surface area contributed by atoms with Gasteiger partial charge in [0.15, 0.2) is 0 Å². The van der Waals surface area contributed by atoms with Gasteiger partial charge in [0.2, 0.25) is 0 Å². The Morgan fingerprint density at radius 2 is 1.93 bits per heavy atom. The fourth-order valence-electron chi connectivity index (χ4n) is 1.47. The predicted molar refractivity (Wildman–Crippen MR) is 60.6 cm³/mol. The highest BCUT2D eigenvalue weighted by atomic mass is 16.5. The Morgan fingerprint density at radius 1 is 1.29 bits per heavy atom. The zero-order valence-electron chi connectivity index (χ0n) is 9.00. The maximum Gasteiger partial charge on any atom is 0.129 e. The molecule has 0 aromatic heterocycles. The molecule has 0 aliphatic carbocycles. The van der Waals surface area contributed by atoms with Gasteiger partial charge in [0.25, 0.3) is 0 Å². The molecule has 0 bridgehead atoms. The second-order valence-corrected chi connectivity index (χ2v) is 3.28. The van der Waals surface area contributed by atoms with E-state index in [0.717, 1.165) is 16.9 Å². The molecule has 2 heteroatoms. The molecule has 0 fully saturated rings. The molecule has 2 nitrogen and oxygen atoms in total. The van der Waals surface area contributed by atoms with E-state index in [9.17, 15) is 0 Å². The lowest BCUT2D eigenvalue weighted by molar-refractivity contribution is 0.410. The van der Waals surface area contributed by atoms with Crippen LogP contribution in [0.5, 0.6) is 5.75 Å². The van der Waals surface area contributed by atoms with Crippen LogP contribution in [0.2, 0.25) is 0 Å². The van der Waals surface area contributed by atoms with Crippen LogP contribution in [0.3, 0.4) is 0 Å². The van der Waals surface area contributed by atoms with Crippen LogP contribution in [0.1, 0.15) is 16.7 Å². The van der Waals surface area contributed by atoms with Crippen molar-refractivity contribution in [1.82, 2.24) is 0 Å². The van der Waals surface area contributed by atoms with Gasteiger partial charge in [-0.15, -0.1) is 0 Å². The highest BCUT2D eigenvalue weighted by Crippen LogP contribution is 2.27. The summed E-state index contributed by atoms with van der Waals surface area (Å²) in [5.41, 5.74) is 8.91. The molecular weight excluding hydrogens is 174 g/mol. The summed E-state index contributed by atoms with van der Waals surface area (Å²) >= 11 is 0. The Bertz CT molecular complexity index is 342. The molecule has 1 rings (SSSR count). The molecule has 0 amide bonds. The monoisotopic (exact) mass is 191 g/mol. The molecule has 0 aliphatic rings. The standard InChI is InChI=1S/C12H17NO/c1-9-6-7-10(2)12(14-3)11(9)5-4-8-13/h4-7H,8,13H2,1-3H3/b5-4+. The van der Waals surface area contributed by atoms with Gasteiger partial charge < -0.3 is 10.5 Å². The Kier molecular flexibility index (Phi) is 3.72. The van der Waals surface area contributed by atoms with E-state index in [1.807, 2.05) is 19.1 Å². The average molecular weight is 191 g/mol. The summed E-state index contributed by atoms with van der Waals surface area (Å²) in [6.45, 7) is 4.66. The zero-order chi connectivity index (χ0) is 10.6. The molecule has 0 saturated heterocycles. The number of ether oxygens (including phenoxy) is 1. The van der Waals surface area contributed by atoms with Crippen LogP contribution in [0.25, 0.3) is 6.08 Å². The fourth-order valence-corrected chi connectivity index (χ4v) is 1.47. The van der Waals surface area contributed by atoms with Crippen LogP contribution in [-0.4, -0.2) is 13.7 Å². The van der Waals surface area contributed by atoms with Crippen LogP contribution >= 0.6 is 0 Å². The molecule has 1 aromatic rings. The van der Waals surface area contributed by atoms with E-state index in [4.69, 9.17) is 10.5 Å². The molecular formula is C12H17NO. The average Bonchev–Trinajstić information content (AvgIpc) is 2.19. The lowest BCUT2D eigenvalue weighted by Crippen LogP contribution is -1.95. The minimum absolute atomic E-state index is 0.552. The molecule has 0 heterocycles. The van der Waals surface area contributed by atoms with Gasteiger partial charge in [-0.3, -0.25) is 0 Å². The quantitative estimate of drug-likeness (QED) is 0.795. The molecule has 0 saturated carbocycles. The lowest BCUT2D eigenvalue weighted by atomic mass is 10.0. The SMILES string of the molecule is COc1c(C)ccc(C)c1/C=C/CN. The van der Waals surface area contributed by atoms with Gasteiger partial charge in [0.05, 0.1) is 7.11 Å². The molecule has 0 radical (unpaired) electrons. The maximum absolute atomic E-state index is 5.43. The first-order valence-corrected chi connectivity index (χ1v) is 4.71. The van der Waals surface area contributed by atoms with Gasteiger partial charge in [-0.25, -0.2) is 0 Å². The number of nitrogens with two attached hydrogens (primary N) is 1. The van der Waals surface area contributed by atoms with Crippen molar-refractivity contribution < 1.29 is 4.74 Å². The van der Waals surface area contributed by atoms with Gasteiger partial charge in [0, 0.05) is 12.1 Å². The fraction of sp³-hybridized carbons (Fsp3) is 0.333. The third-order valence-corrected chi connectivity index (χ3v) is 2.24. The Balaban J connectivity index is 3.22. The van der Waals surface area contributed by atoms with Crippen molar-refractivity contribution in [3.8, 4) is 5.75 Å². The minimum atomic E-state index is 0.552. The summed E-state index contributed by atoms with van der Waals surface area (Å²) in [4.78, 5) is 0. The van der Waals surface area contributed by atoms with Gasteiger partial charge in [-0.1, -0.05) is 24.3 Å². The van der Waals surface area contributed by atoms with Crippen LogP contribution in [0.4, 0.5) is 0 Å².